The minimum atomic E-state index is -0.553. The Labute approximate surface area is 167 Å². The largest absolute Gasteiger partial charge is 0.463 e. The number of rotatable bonds is 3. The minimum absolute atomic E-state index is 0.0898. The molecule has 5 nitrogen and oxygen atoms in total. The Morgan fingerprint density at radius 3 is 2.71 bits per heavy atom. The summed E-state index contributed by atoms with van der Waals surface area (Å²) in [5.41, 5.74) is 0.750. The number of nitrogens with zero attached hydrogens (tertiary/aromatic N) is 1. The summed E-state index contributed by atoms with van der Waals surface area (Å²) in [4.78, 5) is 38.6. The number of halogens is 2. The summed E-state index contributed by atoms with van der Waals surface area (Å²) < 4.78 is 18.6. The van der Waals surface area contributed by atoms with Gasteiger partial charge in [-0.05, 0) is 47.7 Å². The van der Waals surface area contributed by atoms with Gasteiger partial charge in [-0.15, -0.1) is 0 Å². The second kappa shape index (κ2) is 7.26. The van der Waals surface area contributed by atoms with Crippen LogP contribution in [0, 0.1) is 5.82 Å². The van der Waals surface area contributed by atoms with Crippen molar-refractivity contribution in [2.75, 3.05) is 0 Å². The van der Waals surface area contributed by atoms with Crippen molar-refractivity contribution < 1.29 is 18.4 Å². The molecule has 0 saturated carbocycles. The molecule has 0 bridgehead atoms. The van der Waals surface area contributed by atoms with Crippen LogP contribution in [0.2, 0.25) is 5.02 Å². The fraction of sp³-hybridized carbons (Fsp3) is 0.0500. The third kappa shape index (κ3) is 3.34. The number of amides is 2. The average molecular weight is 416 g/mol. The molecule has 1 aliphatic rings. The highest BCUT2D eigenvalue weighted by Crippen LogP contribution is 2.34. The molecule has 4 rings (SSSR count). The zero-order chi connectivity index (χ0) is 19.8. The van der Waals surface area contributed by atoms with Crippen LogP contribution in [-0.2, 0) is 11.3 Å². The molecule has 2 aromatic carbocycles. The smallest absolute Gasteiger partial charge is 0.293 e. The molecule has 2 heterocycles. The van der Waals surface area contributed by atoms with Gasteiger partial charge in [0.1, 0.15) is 17.7 Å². The number of carbonyl (C=O) groups excluding carboxylic acids is 2. The first kappa shape index (κ1) is 18.5. The monoisotopic (exact) mass is 415 g/mol. The SMILES string of the molecule is O=C1S/C(=C\c2coc3ccccc3c2=O)C(=O)N1Cc1ccc(F)cc1Cl. The molecular weight excluding hydrogens is 405 g/mol. The molecule has 1 fully saturated rings. The molecule has 0 radical (unpaired) electrons. The van der Waals surface area contributed by atoms with E-state index < -0.39 is 17.0 Å². The molecule has 28 heavy (non-hydrogen) atoms. The van der Waals surface area contributed by atoms with Gasteiger partial charge in [-0.3, -0.25) is 19.3 Å². The van der Waals surface area contributed by atoms with Gasteiger partial charge < -0.3 is 4.42 Å². The molecule has 140 valence electrons. The van der Waals surface area contributed by atoms with Gasteiger partial charge in [-0.1, -0.05) is 29.8 Å². The van der Waals surface area contributed by atoms with Crippen molar-refractivity contribution in [1.82, 2.24) is 4.90 Å². The number of hydrogen-bond acceptors (Lipinski definition) is 5. The Morgan fingerprint density at radius 1 is 1.14 bits per heavy atom. The summed E-state index contributed by atoms with van der Waals surface area (Å²) >= 11 is 6.70. The Balaban J connectivity index is 1.65. The van der Waals surface area contributed by atoms with Crippen molar-refractivity contribution in [3.63, 3.8) is 0 Å². The zero-order valence-electron chi connectivity index (χ0n) is 14.1. The summed E-state index contributed by atoms with van der Waals surface area (Å²) in [5, 5.41) is 0.00796. The lowest BCUT2D eigenvalue weighted by Crippen LogP contribution is -2.27. The van der Waals surface area contributed by atoms with E-state index in [1.54, 1.807) is 24.3 Å². The number of para-hydroxylation sites is 1. The maximum Gasteiger partial charge on any atom is 0.293 e. The number of thioether (sulfide) groups is 1. The molecule has 0 unspecified atom stereocenters. The lowest BCUT2D eigenvalue weighted by molar-refractivity contribution is -0.123. The van der Waals surface area contributed by atoms with E-state index in [1.165, 1.54) is 24.5 Å². The Kier molecular flexibility index (Phi) is 4.78. The van der Waals surface area contributed by atoms with Crippen molar-refractivity contribution in [1.29, 1.82) is 0 Å². The van der Waals surface area contributed by atoms with Crippen LogP contribution in [0.5, 0.6) is 0 Å². The van der Waals surface area contributed by atoms with Crippen molar-refractivity contribution in [2.24, 2.45) is 0 Å². The molecule has 3 aromatic rings. The van der Waals surface area contributed by atoms with Crippen molar-refractivity contribution in [2.45, 2.75) is 6.54 Å². The van der Waals surface area contributed by atoms with Crippen LogP contribution < -0.4 is 5.43 Å². The Morgan fingerprint density at radius 2 is 1.93 bits per heavy atom. The highest BCUT2D eigenvalue weighted by molar-refractivity contribution is 8.18. The fourth-order valence-corrected chi connectivity index (χ4v) is 3.85. The average Bonchev–Trinajstić information content (AvgIpc) is 2.93. The second-order valence-electron chi connectivity index (χ2n) is 6.02. The first-order valence-electron chi connectivity index (χ1n) is 8.14. The number of benzene rings is 2. The van der Waals surface area contributed by atoms with Crippen LogP contribution in [0.15, 0.2) is 62.8 Å². The molecule has 1 aliphatic heterocycles. The third-order valence-electron chi connectivity index (χ3n) is 4.21. The van der Waals surface area contributed by atoms with Crippen molar-refractivity contribution in [3.8, 4) is 0 Å². The first-order valence-corrected chi connectivity index (χ1v) is 9.33. The maximum absolute atomic E-state index is 13.2. The van der Waals surface area contributed by atoms with E-state index in [4.69, 9.17) is 16.0 Å². The van der Waals surface area contributed by atoms with E-state index >= 15 is 0 Å². The number of fused-ring (bicyclic) bond motifs is 1. The van der Waals surface area contributed by atoms with E-state index in [9.17, 15) is 18.8 Å². The first-order chi connectivity index (χ1) is 13.4. The molecule has 0 aliphatic carbocycles. The van der Waals surface area contributed by atoms with Crippen LogP contribution in [0.4, 0.5) is 9.18 Å². The summed E-state index contributed by atoms with van der Waals surface area (Å²) in [5.74, 6) is -1.06. The highest BCUT2D eigenvalue weighted by Gasteiger charge is 2.35. The van der Waals surface area contributed by atoms with Crippen LogP contribution in [0.3, 0.4) is 0 Å². The van der Waals surface area contributed by atoms with Gasteiger partial charge in [0.2, 0.25) is 0 Å². The minimum Gasteiger partial charge on any atom is -0.463 e. The molecular formula is C20H11ClFNO4S. The lowest BCUT2D eigenvalue weighted by Gasteiger charge is -2.13. The van der Waals surface area contributed by atoms with Crippen LogP contribution in [0.25, 0.3) is 17.0 Å². The van der Waals surface area contributed by atoms with Gasteiger partial charge >= 0.3 is 0 Å². The van der Waals surface area contributed by atoms with Crippen LogP contribution >= 0.6 is 23.4 Å². The number of hydrogen-bond donors (Lipinski definition) is 0. The van der Waals surface area contributed by atoms with E-state index in [0.29, 0.717) is 16.5 Å². The van der Waals surface area contributed by atoms with Gasteiger partial charge in [0.05, 0.1) is 22.4 Å². The van der Waals surface area contributed by atoms with E-state index in [2.05, 4.69) is 0 Å². The Hall–Kier alpha value is -2.90. The summed E-state index contributed by atoms with van der Waals surface area (Å²) in [7, 11) is 0. The highest BCUT2D eigenvalue weighted by atomic mass is 35.5. The molecule has 8 heteroatoms. The van der Waals surface area contributed by atoms with Crippen molar-refractivity contribution >= 4 is 51.6 Å². The van der Waals surface area contributed by atoms with Crippen LogP contribution in [0.1, 0.15) is 11.1 Å². The molecule has 1 aromatic heterocycles. The molecule has 0 spiro atoms. The van der Waals surface area contributed by atoms with E-state index in [-0.39, 0.29) is 27.5 Å². The predicted molar refractivity (Wildman–Crippen MR) is 105 cm³/mol. The van der Waals surface area contributed by atoms with Crippen LogP contribution in [-0.4, -0.2) is 16.0 Å². The van der Waals surface area contributed by atoms with Gasteiger partial charge in [-0.2, -0.15) is 0 Å². The van der Waals surface area contributed by atoms with Gasteiger partial charge in [0.25, 0.3) is 11.1 Å². The van der Waals surface area contributed by atoms with Gasteiger partial charge in [0, 0.05) is 5.02 Å². The standard InChI is InChI=1S/C20H11ClFNO4S/c21-15-8-13(22)6-5-11(15)9-23-19(25)17(28-20(23)26)7-12-10-27-16-4-2-1-3-14(16)18(12)24/h1-8,10H,9H2/b17-7-. The fourth-order valence-electron chi connectivity index (χ4n) is 2.79. The topological polar surface area (TPSA) is 67.6 Å². The number of imide groups is 1. The third-order valence-corrected chi connectivity index (χ3v) is 5.47. The van der Waals surface area contributed by atoms with E-state index in [0.717, 1.165) is 22.7 Å². The lowest BCUT2D eigenvalue weighted by atomic mass is 10.1. The summed E-state index contributed by atoms with van der Waals surface area (Å²) in [6, 6.07) is 10.5. The maximum atomic E-state index is 13.2. The molecule has 2 amide bonds. The van der Waals surface area contributed by atoms with Crippen molar-refractivity contribution in [3.05, 3.63) is 85.8 Å². The summed E-state index contributed by atoms with van der Waals surface area (Å²) in [6.45, 7) is -0.0898. The normalized spacial score (nSPS) is 15.8. The summed E-state index contributed by atoms with van der Waals surface area (Å²) in [6.07, 6.45) is 2.60. The number of carbonyl (C=O) groups is 2. The molecule has 0 N–H and O–H groups in total. The quantitative estimate of drug-likeness (QED) is 0.573. The predicted octanol–water partition coefficient (Wildman–Crippen LogP) is 4.82. The Bertz CT molecular complexity index is 1220. The molecule has 1 saturated heterocycles. The van der Waals surface area contributed by atoms with Gasteiger partial charge in [-0.25, -0.2) is 4.39 Å². The second-order valence-corrected chi connectivity index (χ2v) is 7.42. The zero-order valence-corrected chi connectivity index (χ0v) is 15.7. The van der Waals surface area contributed by atoms with E-state index in [1.807, 2.05) is 0 Å². The molecule has 0 atom stereocenters. The van der Waals surface area contributed by atoms with Gasteiger partial charge in [0.15, 0.2) is 5.43 Å².